The number of benzene rings is 1. The summed E-state index contributed by atoms with van der Waals surface area (Å²) in [7, 11) is 0.231. The van der Waals surface area contributed by atoms with Gasteiger partial charge in [-0.1, -0.05) is 0 Å². The molecule has 0 aliphatic carbocycles. The molecule has 0 radical (unpaired) electrons. The van der Waals surface area contributed by atoms with Crippen molar-refractivity contribution in [2.24, 2.45) is 0 Å². The second-order valence-electron chi connectivity index (χ2n) is 3.43. The van der Waals surface area contributed by atoms with Gasteiger partial charge in [-0.3, -0.25) is 0 Å². The van der Waals surface area contributed by atoms with Gasteiger partial charge in [-0.2, -0.15) is 0 Å². The van der Waals surface area contributed by atoms with Gasteiger partial charge >= 0.3 is 9.53 Å². The summed E-state index contributed by atoms with van der Waals surface area (Å²) in [5.74, 6) is -9.83. The maximum Gasteiger partial charge on any atom is 0.483 e. The molecule has 0 aliphatic rings. The van der Waals surface area contributed by atoms with E-state index < -0.39 is 50.6 Å². The van der Waals surface area contributed by atoms with E-state index in [0.717, 1.165) is 0 Å². The Labute approximate surface area is 107 Å². The summed E-state index contributed by atoms with van der Waals surface area (Å²) in [6, 6.07) is 0. The number of hydrogen-bond acceptors (Lipinski definition) is 3. The van der Waals surface area contributed by atoms with Gasteiger partial charge in [0.2, 0.25) is 5.82 Å². The van der Waals surface area contributed by atoms with Crippen LogP contribution in [0.5, 0.6) is 0 Å². The Balaban J connectivity index is 2.85. The monoisotopic (exact) mass is 302 g/mol. The van der Waals surface area contributed by atoms with E-state index in [1.165, 1.54) is 14.2 Å². The predicted octanol–water partition coefficient (Wildman–Crippen LogP) is 1.95. The molecule has 0 unspecified atom stereocenters. The molecule has 0 heterocycles. The summed E-state index contributed by atoms with van der Waals surface area (Å²) >= 11 is 0. The lowest BCUT2D eigenvalue weighted by molar-refractivity contribution is 0.136. The zero-order valence-corrected chi connectivity index (χ0v) is 11.3. The van der Waals surface area contributed by atoms with Gasteiger partial charge in [0.15, 0.2) is 23.3 Å². The minimum Gasteiger partial charge on any atom is -0.379 e. The minimum atomic E-state index is -2.41. The van der Waals surface area contributed by atoms with Crippen LogP contribution in [-0.4, -0.2) is 30.4 Å². The maximum absolute atomic E-state index is 13.3. The van der Waals surface area contributed by atoms with Gasteiger partial charge < -0.3 is 13.3 Å². The van der Waals surface area contributed by atoms with Crippen molar-refractivity contribution >= 4 is 9.53 Å². The van der Waals surface area contributed by atoms with Gasteiger partial charge in [-0.05, 0) is 0 Å². The van der Waals surface area contributed by atoms with Crippen LogP contribution < -0.4 is 0 Å². The largest absolute Gasteiger partial charge is 0.483 e. The Morgan fingerprint density at radius 3 is 1.63 bits per heavy atom. The fourth-order valence-corrected chi connectivity index (χ4v) is 2.13. The van der Waals surface area contributed by atoms with Crippen LogP contribution in [-0.2, 0) is 19.7 Å². The van der Waals surface area contributed by atoms with Crippen LogP contribution in [0.1, 0.15) is 5.56 Å². The molecule has 1 aromatic rings. The molecule has 0 spiro atoms. The summed E-state index contributed by atoms with van der Waals surface area (Å²) in [6.07, 6.45) is -0.484. The summed E-state index contributed by atoms with van der Waals surface area (Å²) in [6.45, 7) is -0.281. The highest BCUT2D eigenvalue weighted by Crippen LogP contribution is 2.23. The molecule has 3 nitrogen and oxygen atoms in total. The molecule has 0 N–H and O–H groups in total. The normalized spacial score (nSPS) is 11.4. The maximum atomic E-state index is 13.3. The van der Waals surface area contributed by atoms with Gasteiger partial charge in [0.1, 0.15) is 0 Å². The lowest BCUT2D eigenvalue weighted by atomic mass is 10.1. The quantitative estimate of drug-likeness (QED) is 0.348. The molecular formula is C10H11F5O3Si. The molecule has 9 heteroatoms. The molecule has 0 aliphatic heterocycles. The molecule has 108 valence electrons. The van der Waals surface area contributed by atoms with Gasteiger partial charge in [-0.15, -0.1) is 0 Å². The Hall–Kier alpha value is -1.03. The first-order chi connectivity index (χ1) is 8.93. The fourth-order valence-electron chi connectivity index (χ4n) is 1.36. The summed E-state index contributed by atoms with van der Waals surface area (Å²) in [4.78, 5) is 0. The average molecular weight is 302 g/mol. The number of hydrogen-bond donors (Lipinski definition) is 0. The van der Waals surface area contributed by atoms with Gasteiger partial charge in [0.05, 0.1) is 0 Å². The van der Waals surface area contributed by atoms with Crippen LogP contribution in [0.4, 0.5) is 22.0 Å². The Kier molecular flexibility index (Phi) is 5.85. The van der Waals surface area contributed by atoms with Crippen LogP contribution >= 0.6 is 0 Å². The van der Waals surface area contributed by atoms with Crippen molar-refractivity contribution in [3.8, 4) is 0 Å². The van der Waals surface area contributed by atoms with E-state index >= 15 is 0 Å². The highest BCUT2D eigenvalue weighted by atomic mass is 28.3. The van der Waals surface area contributed by atoms with Crippen molar-refractivity contribution in [2.45, 2.75) is 6.42 Å². The zero-order valence-electron chi connectivity index (χ0n) is 10.1. The van der Waals surface area contributed by atoms with Crippen molar-refractivity contribution in [2.75, 3.05) is 20.8 Å². The predicted molar refractivity (Wildman–Crippen MR) is 57.1 cm³/mol. The number of halogens is 5. The van der Waals surface area contributed by atoms with Crippen LogP contribution in [0.2, 0.25) is 0 Å². The second kappa shape index (κ2) is 6.94. The van der Waals surface area contributed by atoms with Crippen LogP contribution in [0.3, 0.4) is 0 Å². The first-order valence-electron chi connectivity index (χ1n) is 5.11. The molecule has 1 aromatic carbocycles. The van der Waals surface area contributed by atoms with Gasteiger partial charge in [0, 0.05) is 32.8 Å². The van der Waals surface area contributed by atoms with E-state index in [2.05, 4.69) is 0 Å². The van der Waals surface area contributed by atoms with E-state index in [1.807, 2.05) is 0 Å². The summed E-state index contributed by atoms with van der Waals surface area (Å²) < 4.78 is 79.6. The molecule has 0 amide bonds. The van der Waals surface area contributed by atoms with Crippen LogP contribution in [0, 0.1) is 29.1 Å². The SMILES string of the molecule is CO[SiH](OC)OCCc1c(F)c(F)c(F)c(F)c1F. The van der Waals surface area contributed by atoms with Crippen molar-refractivity contribution < 1.29 is 35.2 Å². The first-order valence-corrected chi connectivity index (χ1v) is 6.52. The molecular weight excluding hydrogens is 291 g/mol. The highest BCUT2D eigenvalue weighted by Gasteiger charge is 2.25. The molecule has 0 saturated carbocycles. The van der Waals surface area contributed by atoms with E-state index in [9.17, 15) is 22.0 Å². The van der Waals surface area contributed by atoms with E-state index in [1.54, 1.807) is 0 Å². The third-order valence-corrected chi connectivity index (χ3v) is 3.57. The van der Waals surface area contributed by atoms with E-state index in [-0.39, 0.29) is 6.61 Å². The fraction of sp³-hybridized carbons (Fsp3) is 0.400. The smallest absolute Gasteiger partial charge is 0.379 e. The van der Waals surface area contributed by atoms with Crippen molar-refractivity contribution in [3.05, 3.63) is 34.6 Å². The zero-order chi connectivity index (χ0) is 14.6. The summed E-state index contributed by atoms with van der Waals surface area (Å²) in [5, 5.41) is 0. The van der Waals surface area contributed by atoms with Crippen molar-refractivity contribution in [1.82, 2.24) is 0 Å². The molecule has 0 saturated heterocycles. The molecule has 0 aromatic heterocycles. The van der Waals surface area contributed by atoms with Crippen LogP contribution in [0.15, 0.2) is 0 Å². The molecule has 0 fully saturated rings. The van der Waals surface area contributed by atoms with Crippen LogP contribution in [0.25, 0.3) is 0 Å². The third-order valence-electron chi connectivity index (χ3n) is 2.29. The standard InChI is InChI=1S/C10H11F5O3Si/c1-16-19(17-2)18-4-3-5-6(11)8(13)10(15)9(14)7(5)12/h19H,3-4H2,1-2H3. The van der Waals surface area contributed by atoms with Crippen molar-refractivity contribution in [1.29, 1.82) is 0 Å². The topological polar surface area (TPSA) is 27.7 Å². The number of rotatable bonds is 6. The average Bonchev–Trinajstić information content (AvgIpc) is 2.42. The lowest BCUT2D eigenvalue weighted by Crippen LogP contribution is -2.25. The Morgan fingerprint density at radius 1 is 0.789 bits per heavy atom. The lowest BCUT2D eigenvalue weighted by Gasteiger charge is -2.12. The highest BCUT2D eigenvalue weighted by molar-refractivity contribution is 6.36. The summed E-state index contributed by atoms with van der Waals surface area (Å²) in [5.41, 5.74) is -0.920. The third kappa shape index (κ3) is 3.50. The first kappa shape index (κ1) is 16.0. The van der Waals surface area contributed by atoms with Gasteiger partial charge in [-0.25, -0.2) is 22.0 Å². The molecule has 19 heavy (non-hydrogen) atoms. The molecule has 0 atom stereocenters. The molecule has 1 rings (SSSR count). The van der Waals surface area contributed by atoms with E-state index in [0.29, 0.717) is 0 Å². The molecule has 0 bridgehead atoms. The van der Waals surface area contributed by atoms with Gasteiger partial charge in [0.25, 0.3) is 0 Å². The van der Waals surface area contributed by atoms with E-state index in [4.69, 9.17) is 13.3 Å². The minimum absolute atomic E-state index is 0.281. The Bertz CT molecular complexity index is 424. The Morgan fingerprint density at radius 2 is 1.21 bits per heavy atom. The van der Waals surface area contributed by atoms with Crippen molar-refractivity contribution in [3.63, 3.8) is 0 Å². The second-order valence-corrected chi connectivity index (χ2v) is 5.28.